The molecule has 0 N–H and O–H groups in total. The molecule has 242 valence electrons. The van der Waals surface area contributed by atoms with Crippen LogP contribution in [-0.2, 0) is 0 Å². The highest BCUT2D eigenvalue weighted by molar-refractivity contribution is 6.29. The van der Waals surface area contributed by atoms with Gasteiger partial charge in [0.15, 0.2) is 0 Å². The van der Waals surface area contributed by atoms with Crippen LogP contribution in [0.4, 0.5) is 0 Å². The first-order chi connectivity index (χ1) is 30.8. The van der Waals surface area contributed by atoms with Crippen molar-refractivity contribution in [3.63, 3.8) is 0 Å². The molecule has 0 bridgehead atoms. The SMILES string of the molecule is [2HH].[2H][2H].[2H][2H].[2H][2H].[2H][2H].[2H][2H].[2H][2H].c1cc2c3c(cccc3c1)-c1cc3c(cc1-2)c(-c1cncnc1)cc1c2cc4c(cc2c(-c2cncnc2)cc31)-c1cccc2cccc-4c12. The second kappa shape index (κ2) is 9.43. The summed E-state index contributed by atoms with van der Waals surface area (Å²) in [5.74, 6) is 0. The summed E-state index contributed by atoms with van der Waals surface area (Å²) in [5.41, 5.74) is 14.5. The molecule has 0 radical (unpaired) electrons. The van der Waals surface area contributed by atoms with Gasteiger partial charge in [-0.1, -0.05) is 72.8 Å². The van der Waals surface area contributed by atoms with Crippen LogP contribution in [0.5, 0.6) is 0 Å². The molecule has 0 amide bonds. The molecule has 4 nitrogen and oxygen atoms in total. The van der Waals surface area contributed by atoms with Crippen molar-refractivity contribution >= 4 is 53.9 Å². The number of fused-ring (bicyclic) bond motifs is 11. The summed E-state index contributed by atoms with van der Waals surface area (Å²) in [6.07, 6.45) is 10.9. The van der Waals surface area contributed by atoms with Crippen molar-refractivity contribution in [3.8, 4) is 66.8 Å². The monoisotopic (exact) mass is 659 g/mol. The maximum absolute atomic E-state index is 5.00. The van der Waals surface area contributed by atoms with Crippen molar-refractivity contribution in [3.05, 3.63) is 147 Å². The molecule has 2 heterocycles. The van der Waals surface area contributed by atoms with Crippen molar-refractivity contribution in [2.24, 2.45) is 0 Å². The summed E-state index contributed by atoms with van der Waals surface area (Å²) in [7, 11) is 0. The van der Waals surface area contributed by atoms with Gasteiger partial charge in [0.2, 0.25) is 0 Å². The Morgan fingerprint density at radius 1 is 0.320 bits per heavy atom. The summed E-state index contributed by atoms with van der Waals surface area (Å²) in [4.78, 5) is 17.9. The van der Waals surface area contributed by atoms with Gasteiger partial charge in [0.05, 0.1) is 0 Å². The highest BCUT2D eigenvalue weighted by Gasteiger charge is 2.26. The second-order valence-corrected chi connectivity index (χ2v) is 13.5. The standard InChI is InChI=1S/C46H24N4.7H2/c1-5-25-7-3-11-31-37-17-43-39(15-35(37)29(9-1)45(25)31)33(27-19-47-23-48-20-27)13-42-41(43)14-34(28-21-49-24-50-22-28)40-16-36-30-10-2-6-26-8-4-12-32(46(26)30)38(36)18-44(40)42;;;;;;;/h1-24H;7*1H/i;6*1+1D;1+1. The van der Waals surface area contributed by atoms with Crippen LogP contribution in [0.25, 0.3) is 121 Å². The fraction of sp³-hybridized carbons (Fsp3) is 0. The second-order valence-electron chi connectivity index (χ2n) is 13.5. The summed E-state index contributed by atoms with van der Waals surface area (Å²) < 4.78 is 60.0. The van der Waals surface area contributed by atoms with Crippen LogP contribution >= 0.6 is 0 Å². The third-order valence-corrected chi connectivity index (χ3v) is 11.1. The van der Waals surface area contributed by atoms with E-state index in [1.165, 1.54) is 98.4 Å². The minimum absolute atomic E-state index is 0. The number of hydrogen-bond donors (Lipinski definition) is 0. The lowest BCUT2D eigenvalue weighted by Crippen LogP contribution is -1.92. The van der Waals surface area contributed by atoms with Crippen molar-refractivity contribution in [2.75, 3.05) is 0 Å². The van der Waals surface area contributed by atoms with Crippen LogP contribution < -0.4 is 0 Å². The van der Waals surface area contributed by atoms with Gasteiger partial charge in [0, 0.05) is 55.2 Å². The molecule has 0 atom stereocenters. The molecule has 0 fully saturated rings. The number of aromatic nitrogens is 4. The highest BCUT2D eigenvalue weighted by atomic mass is 14.8. The molecule has 2 aliphatic rings. The third kappa shape index (κ3) is 3.34. The lowest BCUT2D eigenvalue weighted by molar-refractivity contribution is 1.17. The van der Waals surface area contributed by atoms with E-state index in [-0.39, 0.29) is 1.43 Å². The Morgan fingerprint density at radius 2 is 0.620 bits per heavy atom. The Hall–Kier alpha value is -6.78. The maximum atomic E-state index is 5.00. The Morgan fingerprint density at radius 3 is 0.980 bits per heavy atom. The molecule has 0 saturated heterocycles. The van der Waals surface area contributed by atoms with E-state index in [1.807, 2.05) is 24.8 Å². The minimum Gasteiger partial charge on any atom is -0.244 e. The van der Waals surface area contributed by atoms with Crippen LogP contribution in [0.2, 0.25) is 0 Å². The van der Waals surface area contributed by atoms with E-state index < -0.39 is 0 Å². The normalized spacial score (nSPS) is 13.4. The van der Waals surface area contributed by atoms with Gasteiger partial charge in [-0.05, 0) is 146 Å². The minimum atomic E-state index is 0. The lowest BCUT2D eigenvalue weighted by atomic mass is 9.85. The van der Waals surface area contributed by atoms with Crippen LogP contribution in [0.15, 0.2) is 147 Å². The summed E-state index contributed by atoms with van der Waals surface area (Å²) >= 11 is 0. The van der Waals surface area contributed by atoms with Crippen molar-refractivity contribution in [1.82, 2.24) is 19.9 Å². The average Bonchev–Trinajstić information content (AvgIpc) is 3.87. The molecule has 2 aliphatic carbocycles. The van der Waals surface area contributed by atoms with Crippen LogP contribution in [0.1, 0.15) is 19.2 Å². The quantitative estimate of drug-likeness (QED) is 0.173. The Balaban J connectivity index is 0.000000535. The molecule has 10 aromatic rings. The predicted octanol–water partition coefficient (Wildman–Crippen LogP) is 13.4. The molecule has 0 spiro atoms. The molecule has 4 heteroatoms. The summed E-state index contributed by atoms with van der Waals surface area (Å²) in [5, 5.41) is 12.4. The average molecular weight is 660 g/mol. The van der Waals surface area contributed by atoms with E-state index in [0.717, 1.165) is 22.3 Å². The van der Waals surface area contributed by atoms with E-state index in [4.69, 9.17) is 17.8 Å². The molecule has 12 rings (SSSR count). The Labute approximate surface area is 306 Å². The van der Waals surface area contributed by atoms with E-state index in [9.17, 15) is 0 Å². The van der Waals surface area contributed by atoms with Gasteiger partial charge in [-0.25, -0.2) is 19.9 Å². The van der Waals surface area contributed by atoms with Gasteiger partial charge >= 0.3 is 0 Å². The van der Waals surface area contributed by atoms with Gasteiger partial charge < -0.3 is 0 Å². The molecule has 8 aromatic carbocycles. The topological polar surface area (TPSA) is 51.6 Å². The first-order valence-corrected chi connectivity index (χ1v) is 16.9. The number of rotatable bonds is 2. The molecular weight excluding hydrogens is 609 g/mol. The molecule has 0 unspecified atom stereocenters. The van der Waals surface area contributed by atoms with Gasteiger partial charge in [0.1, 0.15) is 12.7 Å². The Bertz CT molecular complexity index is 2950. The van der Waals surface area contributed by atoms with Crippen LogP contribution in [-0.4, -0.2) is 19.9 Å². The van der Waals surface area contributed by atoms with Crippen LogP contribution in [0, 0.1) is 0 Å². The number of nitrogens with zero attached hydrogens (tertiary/aromatic N) is 4. The van der Waals surface area contributed by atoms with E-state index >= 15 is 0 Å². The lowest BCUT2D eigenvalue weighted by Gasteiger charge is -2.18. The zero-order valence-corrected chi connectivity index (χ0v) is 26.6. The molecule has 0 aliphatic heterocycles. The van der Waals surface area contributed by atoms with Crippen molar-refractivity contribution in [1.29, 1.82) is 0 Å². The van der Waals surface area contributed by atoms with Gasteiger partial charge in [-0.2, -0.15) is 0 Å². The maximum Gasteiger partial charge on any atom is 0.115 e. The molecular formula is C46H38N4. The third-order valence-electron chi connectivity index (χ3n) is 11.1. The zero-order valence-electron chi connectivity index (χ0n) is 38.6. The van der Waals surface area contributed by atoms with Crippen LogP contribution in [0.3, 0.4) is 0 Å². The van der Waals surface area contributed by atoms with E-state index in [0.29, 0.717) is 0 Å². The van der Waals surface area contributed by atoms with Crippen molar-refractivity contribution in [2.45, 2.75) is 0 Å². The number of hydrogen-bond acceptors (Lipinski definition) is 4. The summed E-state index contributed by atoms with van der Waals surface area (Å²) in [6, 6.07) is 41.0. The molecule has 0 saturated carbocycles. The largest absolute Gasteiger partial charge is 0.244 e. The predicted molar refractivity (Wildman–Crippen MR) is 220 cm³/mol. The molecule has 2 aromatic heterocycles. The Kier molecular flexibility index (Phi) is 4.01. The van der Waals surface area contributed by atoms with Gasteiger partial charge in [0.25, 0.3) is 0 Å². The molecule has 50 heavy (non-hydrogen) atoms. The first kappa shape index (κ1) is 21.2. The fourth-order valence-corrected chi connectivity index (χ4v) is 8.96. The van der Waals surface area contributed by atoms with Crippen molar-refractivity contribution < 1.29 is 19.2 Å². The van der Waals surface area contributed by atoms with Gasteiger partial charge in [-0.3, -0.25) is 0 Å². The van der Waals surface area contributed by atoms with E-state index in [1.54, 1.807) is 12.7 Å². The van der Waals surface area contributed by atoms with E-state index in [2.05, 4.69) is 129 Å². The number of benzene rings is 8. The highest BCUT2D eigenvalue weighted by Crippen LogP contribution is 2.53. The zero-order chi connectivity index (χ0) is 44.5. The summed E-state index contributed by atoms with van der Waals surface area (Å²) in [6.45, 7) is 0. The fourth-order valence-electron chi connectivity index (χ4n) is 8.96. The van der Waals surface area contributed by atoms with Gasteiger partial charge in [-0.15, -0.1) is 0 Å². The smallest absolute Gasteiger partial charge is 0.115 e. The first-order valence-electron chi connectivity index (χ1n) is 22.9.